The van der Waals surface area contributed by atoms with Crippen molar-refractivity contribution >= 4 is 21.6 Å². The van der Waals surface area contributed by atoms with Gasteiger partial charge < -0.3 is 9.72 Å². The summed E-state index contributed by atoms with van der Waals surface area (Å²) in [5.41, 5.74) is 4.39. The van der Waals surface area contributed by atoms with E-state index >= 15 is 0 Å². The Morgan fingerprint density at radius 2 is 1.96 bits per heavy atom. The van der Waals surface area contributed by atoms with Crippen LogP contribution in [0.4, 0.5) is 0 Å². The molecule has 142 valence electrons. The Bertz CT molecular complexity index is 1060. The number of aromatic nitrogens is 2. The molecule has 0 radical (unpaired) electrons. The van der Waals surface area contributed by atoms with Crippen molar-refractivity contribution in [1.82, 2.24) is 9.97 Å². The Morgan fingerprint density at radius 1 is 1.19 bits per heavy atom. The van der Waals surface area contributed by atoms with Crippen LogP contribution in [0, 0.1) is 6.92 Å². The largest absolute Gasteiger partial charge is 0.496 e. The van der Waals surface area contributed by atoms with E-state index in [9.17, 15) is 4.79 Å². The van der Waals surface area contributed by atoms with Crippen LogP contribution < -0.4 is 10.3 Å². The van der Waals surface area contributed by atoms with Crippen molar-refractivity contribution in [1.29, 1.82) is 0 Å². The van der Waals surface area contributed by atoms with Crippen LogP contribution in [0.1, 0.15) is 60.6 Å². The van der Waals surface area contributed by atoms with Gasteiger partial charge in [-0.15, -0.1) is 11.3 Å². The highest BCUT2D eigenvalue weighted by molar-refractivity contribution is 7.18. The third-order valence-electron chi connectivity index (χ3n) is 5.53. The topological polar surface area (TPSA) is 55.0 Å². The fraction of sp³-hybridized carbons (Fsp3) is 0.455. The molecule has 4 nitrogen and oxygen atoms in total. The van der Waals surface area contributed by atoms with Gasteiger partial charge in [0.1, 0.15) is 16.4 Å². The molecule has 0 atom stereocenters. The summed E-state index contributed by atoms with van der Waals surface area (Å²) in [5, 5.41) is 0.816. The zero-order valence-electron chi connectivity index (χ0n) is 16.4. The lowest BCUT2D eigenvalue weighted by Crippen LogP contribution is -2.10. The smallest absolute Gasteiger partial charge is 0.260 e. The van der Waals surface area contributed by atoms with E-state index in [0.717, 1.165) is 51.9 Å². The van der Waals surface area contributed by atoms with E-state index in [1.165, 1.54) is 23.3 Å². The average Bonchev–Trinajstić information content (AvgIpc) is 2.83. The minimum atomic E-state index is -0.00397. The summed E-state index contributed by atoms with van der Waals surface area (Å²) < 4.78 is 5.55. The van der Waals surface area contributed by atoms with Crippen LogP contribution in [0.15, 0.2) is 16.9 Å². The fourth-order valence-electron chi connectivity index (χ4n) is 4.05. The van der Waals surface area contributed by atoms with Crippen LogP contribution in [0.2, 0.25) is 0 Å². The van der Waals surface area contributed by atoms with Gasteiger partial charge in [0.15, 0.2) is 0 Å². The maximum atomic E-state index is 13.0. The summed E-state index contributed by atoms with van der Waals surface area (Å²) in [6, 6.07) is 4.15. The van der Waals surface area contributed by atoms with Gasteiger partial charge >= 0.3 is 0 Å². The average molecular weight is 383 g/mol. The first-order valence-electron chi connectivity index (χ1n) is 9.73. The number of nitrogens with one attached hydrogen (secondary N) is 1. The highest BCUT2D eigenvalue weighted by Crippen LogP contribution is 2.36. The van der Waals surface area contributed by atoms with E-state index in [0.29, 0.717) is 11.7 Å². The minimum absolute atomic E-state index is 0.00397. The molecule has 0 fully saturated rings. The van der Waals surface area contributed by atoms with E-state index < -0.39 is 0 Å². The number of hydrogen-bond donors (Lipinski definition) is 1. The molecule has 0 aliphatic heterocycles. The van der Waals surface area contributed by atoms with Crippen molar-refractivity contribution < 1.29 is 4.74 Å². The first-order chi connectivity index (χ1) is 13.0. The van der Waals surface area contributed by atoms with Crippen molar-refractivity contribution in [2.45, 2.75) is 58.8 Å². The summed E-state index contributed by atoms with van der Waals surface area (Å²) in [6.45, 7) is 6.33. The van der Waals surface area contributed by atoms with Crippen LogP contribution in [-0.2, 0) is 12.8 Å². The van der Waals surface area contributed by atoms with Crippen LogP contribution in [0.5, 0.6) is 5.75 Å². The van der Waals surface area contributed by atoms with E-state index in [1.54, 1.807) is 18.4 Å². The quantitative estimate of drug-likeness (QED) is 0.620. The predicted molar refractivity (Wildman–Crippen MR) is 112 cm³/mol. The van der Waals surface area contributed by atoms with Gasteiger partial charge in [0.25, 0.3) is 5.56 Å². The number of aryl methyl sites for hydroxylation is 3. The van der Waals surface area contributed by atoms with Crippen LogP contribution in [0.25, 0.3) is 21.6 Å². The molecule has 2 heterocycles. The molecule has 4 rings (SSSR count). The Labute approximate surface area is 163 Å². The lowest BCUT2D eigenvalue weighted by atomic mass is 9.96. The van der Waals surface area contributed by atoms with Crippen LogP contribution in [-0.4, -0.2) is 17.1 Å². The van der Waals surface area contributed by atoms with Gasteiger partial charge in [-0.3, -0.25) is 4.79 Å². The van der Waals surface area contributed by atoms with E-state index in [-0.39, 0.29) is 5.56 Å². The number of ether oxygens (including phenoxy) is 1. The molecular formula is C22H26N2O2S. The van der Waals surface area contributed by atoms with Gasteiger partial charge in [-0.1, -0.05) is 20.3 Å². The minimum Gasteiger partial charge on any atom is -0.496 e. The Balaban J connectivity index is 1.90. The molecule has 3 aromatic rings. The van der Waals surface area contributed by atoms with Crippen molar-refractivity contribution in [3.05, 3.63) is 44.1 Å². The zero-order valence-corrected chi connectivity index (χ0v) is 17.3. The summed E-state index contributed by atoms with van der Waals surface area (Å²) >= 11 is 1.70. The number of methoxy groups -OCH3 is 1. The highest BCUT2D eigenvalue weighted by atomic mass is 32.1. The molecule has 27 heavy (non-hydrogen) atoms. The summed E-state index contributed by atoms with van der Waals surface area (Å²) in [4.78, 5) is 23.1. The third-order valence-corrected chi connectivity index (χ3v) is 6.71. The highest BCUT2D eigenvalue weighted by Gasteiger charge is 2.20. The molecule has 0 unspecified atom stereocenters. The summed E-state index contributed by atoms with van der Waals surface area (Å²) in [5.74, 6) is 1.87. The number of rotatable bonds is 3. The maximum Gasteiger partial charge on any atom is 0.260 e. The molecule has 0 saturated carbocycles. The van der Waals surface area contributed by atoms with Crippen molar-refractivity contribution in [3.63, 3.8) is 0 Å². The van der Waals surface area contributed by atoms with Crippen LogP contribution >= 0.6 is 11.3 Å². The zero-order chi connectivity index (χ0) is 19.1. The van der Waals surface area contributed by atoms with Gasteiger partial charge in [0, 0.05) is 10.4 Å². The van der Waals surface area contributed by atoms with Gasteiger partial charge in [-0.25, -0.2) is 4.98 Å². The number of aromatic amines is 1. The monoisotopic (exact) mass is 382 g/mol. The van der Waals surface area contributed by atoms with Gasteiger partial charge in [0.2, 0.25) is 0 Å². The number of thiophene rings is 1. The number of H-pyrrole nitrogens is 1. The second-order valence-corrected chi connectivity index (χ2v) is 8.81. The lowest BCUT2D eigenvalue weighted by molar-refractivity contribution is 0.407. The van der Waals surface area contributed by atoms with Crippen molar-refractivity contribution in [3.8, 4) is 17.1 Å². The summed E-state index contributed by atoms with van der Waals surface area (Å²) in [7, 11) is 1.70. The number of hydrogen-bond acceptors (Lipinski definition) is 4. The molecule has 1 aliphatic carbocycles. The number of benzene rings is 1. The van der Waals surface area contributed by atoms with E-state index in [2.05, 4.69) is 24.9 Å². The molecular weight excluding hydrogens is 356 g/mol. The molecule has 2 aromatic heterocycles. The van der Waals surface area contributed by atoms with Gasteiger partial charge in [-0.05, 0) is 67.3 Å². The second-order valence-electron chi connectivity index (χ2n) is 7.72. The van der Waals surface area contributed by atoms with Crippen molar-refractivity contribution in [2.75, 3.05) is 7.11 Å². The standard InChI is InChI=1S/C22H26N2O2S/c1-12(2)15-11-16(13(3)10-17(15)26-4)20-23-21(25)19-14-8-6-5-7-9-18(14)27-22(19)24-20/h10-12H,5-9H2,1-4H3,(H,23,24,25). The summed E-state index contributed by atoms with van der Waals surface area (Å²) in [6.07, 6.45) is 5.69. The fourth-order valence-corrected chi connectivity index (χ4v) is 5.31. The van der Waals surface area contributed by atoms with E-state index in [1.807, 2.05) is 13.0 Å². The third kappa shape index (κ3) is 3.18. The molecule has 1 N–H and O–H groups in total. The van der Waals surface area contributed by atoms with Gasteiger partial charge in [-0.2, -0.15) is 0 Å². The van der Waals surface area contributed by atoms with Crippen LogP contribution in [0.3, 0.4) is 0 Å². The number of nitrogens with zero attached hydrogens (tertiary/aromatic N) is 1. The Kier molecular flexibility index (Phi) is 4.81. The number of fused-ring (bicyclic) bond motifs is 3. The first kappa shape index (κ1) is 18.2. The second kappa shape index (κ2) is 7.12. The first-order valence-corrected chi connectivity index (χ1v) is 10.5. The molecule has 0 spiro atoms. The Hall–Kier alpha value is -2.14. The predicted octanol–water partition coefficient (Wildman–Crippen LogP) is 5.36. The lowest BCUT2D eigenvalue weighted by Gasteiger charge is -2.15. The molecule has 1 aromatic carbocycles. The SMILES string of the molecule is COc1cc(C)c(-c2nc3sc4c(c3c(=O)[nH]2)CCCCC4)cc1C(C)C. The Morgan fingerprint density at radius 3 is 2.70 bits per heavy atom. The van der Waals surface area contributed by atoms with Crippen molar-refractivity contribution in [2.24, 2.45) is 0 Å². The normalized spacial score (nSPS) is 14.4. The van der Waals surface area contributed by atoms with E-state index in [4.69, 9.17) is 9.72 Å². The molecule has 5 heteroatoms. The maximum absolute atomic E-state index is 13.0. The molecule has 1 aliphatic rings. The molecule has 0 amide bonds. The van der Waals surface area contributed by atoms with Gasteiger partial charge in [0.05, 0.1) is 12.5 Å². The molecule has 0 saturated heterocycles. The molecule has 0 bridgehead atoms.